The number of esters is 1. The van der Waals surface area contributed by atoms with Gasteiger partial charge in [-0.15, -0.1) is 0 Å². The molecule has 0 aliphatic carbocycles. The monoisotopic (exact) mass is 273 g/mol. The molecule has 114 valence electrons. The molecule has 0 heterocycles. The minimum Gasteiger partial charge on any atom is -0.468 e. The number of carbonyl (C=O) groups is 1. The molecule has 1 N–H and O–H groups in total. The van der Waals surface area contributed by atoms with Crippen LogP contribution in [0.5, 0.6) is 0 Å². The highest BCUT2D eigenvalue weighted by Gasteiger charge is 2.35. The fraction of sp³-hybridized carbons (Fsp3) is 0.933. The van der Waals surface area contributed by atoms with Crippen molar-refractivity contribution < 1.29 is 14.3 Å². The second-order valence-corrected chi connectivity index (χ2v) is 5.38. The zero-order chi connectivity index (χ0) is 14.9. The first kappa shape index (κ1) is 18.4. The lowest BCUT2D eigenvalue weighted by Crippen LogP contribution is -2.52. The molecule has 0 bridgehead atoms. The molecule has 0 fully saturated rings. The van der Waals surface area contributed by atoms with Crippen molar-refractivity contribution in [2.24, 2.45) is 5.92 Å². The fourth-order valence-corrected chi connectivity index (χ4v) is 2.30. The number of likely N-dealkylation sites (N-methyl/N-ethyl adjacent to an activating group) is 1. The molecule has 0 aromatic carbocycles. The molecule has 19 heavy (non-hydrogen) atoms. The number of methoxy groups -OCH3 is 1. The van der Waals surface area contributed by atoms with E-state index in [1.165, 1.54) is 7.11 Å². The molecule has 0 spiro atoms. The van der Waals surface area contributed by atoms with Gasteiger partial charge in [0.05, 0.1) is 13.2 Å². The lowest BCUT2D eigenvalue weighted by molar-refractivity contribution is -0.149. The Morgan fingerprint density at radius 3 is 2.26 bits per heavy atom. The summed E-state index contributed by atoms with van der Waals surface area (Å²) in [4.78, 5) is 11.9. The topological polar surface area (TPSA) is 47.6 Å². The Kier molecular flexibility index (Phi) is 9.02. The Bertz CT molecular complexity index is 254. The Morgan fingerprint density at radius 1 is 1.26 bits per heavy atom. The second kappa shape index (κ2) is 9.32. The van der Waals surface area contributed by atoms with Gasteiger partial charge in [-0.25, -0.2) is 0 Å². The number of hydrogen-bond acceptors (Lipinski definition) is 4. The summed E-state index contributed by atoms with van der Waals surface area (Å²) in [7, 11) is 1.42. The van der Waals surface area contributed by atoms with E-state index in [1.54, 1.807) is 0 Å². The molecule has 0 aromatic rings. The van der Waals surface area contributed by atoms with Crippen LogP contribution in [0.25, 0.3) is 0 Å². The van der Waals surface area contributed by atoms with E-state index in [-0.39, 0.29) is 12.1 Å². The fourth-order valence-electron chi connectivity index (χ4n) is 2.30. The molecule has 0 aliphatic rings. The molecule has 4 nitrogen and oxygen atoms in total. The van der Waals surface area contributed by atoms with Gasteiger partial charge in [0.2, 0.25) is 0 Å². The van der Waals surface area contributed by atoms with Crippen LogP contribution < -0.4 is 5.32 Å². The predicted octanol–water partition coefficient (Wildman–Crippen LogP) is 2.76. The summed E-state index contributed by atoms with van der Waals surface area (Å²) < 4.78 is 10.8. The van der Waals surface area contributed by atoms with E-state index in [1.807, 2.05) is 20.8 Å². The zero-order valence-corrected chi connectivity index (χ0v) is 13.4. The highest BCUT2D eigenvalue weighted by atomic mass is 16.5. The summed E-state index contributed by atoms with van der Waals surface area (Å²) in [5.74, 6) is 0.373. The predicted molar refractivity (Wildman–Crippen MR) is 78.2 cm³/mol. The second-order valence-electron chi connectivity index (χ2n) is 5.38. The van der Waals surface area contributed by atoms with Gasteiger partial charge >= 0.3 is 5.97 Å². The van der Waals surface area contributed by atoms with Crippen molar-refractivity contribution in [3.63, 3.8) is 0 Å². The van der Waals surface area contributed by atoms with Gasteiger partial charge in [-0.1, -0.05) is 33.6 Å². The molecule has 0 amide bonds. The smallest absolute Gasteiger partial charge is 0.325 e. The quantitative estimate of drug-likeness (QED) is 0.622. The van der Waals surface area contributed by atoms with E-state index in [0.717, 1.165) is 26.0 Å². The van der Waals surface area contributed by atoms with Crippen molar-refractivity contribution in [1.82, 2.24) is 5.32 Å². The van der Waals surface area contributed by atoms with E-state index < -0.39 is 5.54 Å². The largest absolute Gasteiger partial charge is 0.468 e. The van der Waals surface area contributed by atoms with Gasteiger partial charge in [0.1, 0.15) is 5.54 Å². The van der Waals surface area contributed by atoms with Crippen LogP contribution in [0.1, 0.15) is 53.9 Å². The van der Waals surface area contributed by atoms with E-state index in [4.69, 9.17) is 9.47 Å². The maximum atomic E-state index is 11.9. The van der Waals surface area contributed by atoms with Crippen LogP contribution in [-0.2, 0) is 14.3 Å². The lowest BCUT2D eigenvalue weighted by atomic mass is 9.94. The Hall–Kier alpha value is -0.610. The van der Waals surface area contributed by atoms with E-state index >= 15 is 0 Å². The Morgan fingerprint density at radius 2 is 1.84 bits per heavy atom. The summed E-state index contributed by atoms with van der Waals surface area (Å²) in [6.45, 7) is 11.7. The van der Waals surface area contributed by atoms with Crippen LogP contribution >= 0.6 is 0 Å². The van der Waals surface area contributed by atoms with Crippen molar-refractivity contribution in [2.75, 3.05) is 20.3 Å². The molecular weight excluding hydrogens is 242 g/mol. The van der Waals surface area contributed by atoms with Crippen molar-refractivity contribution in [1.29, 1.82) is 0 Å². The van der Waals surface area contributed by atoms with Gasteiger partial charge in [0, 0.05) is 13.0 Å². The van der Waals surface area contributed by atoms with Crippen molar-refractivity contribution in [3.8, 4) is 0 Å². The maximum absolute atomic E-state index is 11.9. The van der Waals surface area contributed by atoms with Crippen molar-refractivity contribution in [2.45, 2.75) is 65.5 Å². The van der Waals surface area contributed by atoms with Crippen LogP contribution in [0.4, 0.5) is 0 Å². The first-order valence-corrected chi connectivity index (χ1v) is 7.38. The van der Waals surface area contributed by atoms with Crippen LogP contribution in [0.15, 0.2) is 0 Å². The molecule has 0 radical (unpaired) electrons. The van der Waals surface area contributed by atoms with Crippen molar-refractivity contribution >= 4 is 5.97 Å². The van der Waals surface area contributed by atoms with Crippen LogP contribution in [0, 0.1) is 5.92 Å². The van der Waals surface area contributed by atoms with Crippen molar-refractivity contribution in [3.05, 3.63) is 0 Å². The number of nitrogens with one attached hydrogen (secondary N) is 1. The minimum absolute atomic E-state index is 0.0312. The summed E-state index contributed by atoms with van der Waals surface area (Å²) >= 11 is 0. The standard InChI is InChI=1S/C15H31NO3/c1-7-13(8-2)11-19-12(4)10-15(5,16-9-3)14(17)18-6/h12-13,16H,7-11H2,1-6H3. The van der Waals surface area contributed by atoms with E-state index in [2.05, 4.69) is 19.2 Å². The minimum atomic E-state index is -0.670. The summed E-state index contributed by atoms with van der Waals surface area (Å²) in [5.41, 5.74) is -0.670. The lowest BCUT2D eigenvalue weighted by Gasteiger charge is -2.30. The van der Waals surface area contributed by atoms with Gasteiger partial charge in [-0.3, -0.25) is 4.79 Å². The summed E-state index contributed by atoms with van der Waals surface area (Å²) in [6.07, 6.45) is 2.91. The van der Waals surface area contributed by atoms with E-state index in [0.29, 0.717) is 12.3 Å². The molecular formula is C15H31NO3. The third kappa shape index (κ3) is 6.39. The molecule has 2 unspecified atom stereocenters. The number of carbonyl (C=O) groups excluding carboxylic acids is 1. The highest BCUT2D eigenvalue weighted by molar-refractivity contribution is 5.80. The van der Waals surface area contributed by atoms with Gasteiger partial charge < -0.3 is 14.8 Å². The number of ether oxygens (including phenoxy) is 2. The average molecular weight is 273 g/mol. The van der Waals surface area contributed by atoms with E-state index in [9.17, 15) is 4.79 Å². The molecule has 4 heteroatoms. The maximum Gasteiger partial charge on any atom is 0.325 e. The average Bonchev–Trinajstić information content (AvgIpc) is 2.39. The summed E-state index contributed by atoms with van der Waals surface area (Å²) in [5, 5.41) is 3.20. The molecule has 0 rings (SSSR count). The van der Waals surface area contributed by atoms with Gasteiger partial charge in [-0.2, -0.15) is 0 Å². The van der Waals surface area contributed by atoms with Gasteiger partial charge in [0.15, 0.2) is 0 Å². The normalized spacial score (nSPS) is 16.2. The highest BCUT2D eigenvalue weighted by Crippen LogP contribution is 2.18. The summed E-state index contributed by atoms with van der Waals surface area (Å²) in [6, 6.07) is 0. The molecule has 0 saturated heterocycles. The first-order chi connectivity index (χ1) is 8.93. The first-order valence-electron chi connectivity index (χ1n) is 7.38. The van der Waals surface area contributed by atoms with Gasteiger partial charge in [0.25, 0.3) is 0 Å². The van der Waals surface area contributed by atoms with Crippen LogP contribution in [0.3, 0.4) is 0 Å². The number of rotatable bonds is 10. The molecule has 2 atom stereocenters. The van der Waals surface area contributed by atoms with Crippen LogP contribution in [-0.4, -0.2) is 37.9 Å². The Balaban J connectivity index is 4.39. The molecule has 0 aromatic heterocycles. The third-order valence-corrected chi connectivity index (χ3v) is 3.67. The molecule has 0 saturated carbocycles. The zero-order valence-electron chi connectivity index (χ0n) is 13.4. The van der Waals surface area contributed by atoms with Crippen LogP contribution in [0.2, 0.25) is 0 Å². The molecule has 0 aliphatic heterocycles. The van der Waals surface area contributed by atoms with Gasteiger partial charge in [-0.05, 0) is 26.3 Å². The number of hydrogen-bond donors (Lipinski definition) is 1. The Labute approximate surface area is 118 Å². The third-order valence-electron chi connectivity index (χ3n) is 3.67. The SMILES string of the molecule is CCNC(C)(CC(C)OCC(CC)CC)C(=O)OC.